The molecule has 2 amide bonds. The second-order valence-electron chi connectivity index (χ2n) is 9.31. The summed E-state index contributed by atoms with van der Waals surface area (Å²) >= 11 is 0. The normalized spacial score (nSPS) is 20.6. The van der Waals surface area contributed by atoms with E-state index >= 15 is 0 Å². The number of hydrogen-bond donors (Lipinski definition) is 0. The van der Waals surface area contributed by atoms with Crippen LogP contribution < -0.4 is 4.90 Å². The third kappa shape index (κ3) is 4.46. The summed E-state index contributed by atoms with van der Waals surface area (Å²) in [6, 6.07) is 8.61. The maximum atomic E-state index is 13.3. The van der Waals surface area contributed by atoms with Gasteiger partial charge in [0.1, 0.15) is 5.82 Å². The quantitative estimate of drug-likeness (QED) is 0.693. The van der Waals surface area contributed by atoms with Crippen LogP contribution in [-0.2, 0) is 21.4 Å². The van der Waals surface area contributed by atoms with Crippen LogP contribution in [0.4, 0.5) is 10.1 Å². The van der Waals surface area contributed by atoms with Crippen molar-refractivity contribution in [1.29, 1.82) is 0 Å². The predicted octanol–water partition coefficient (Wildman–Crippen LogP) is 2.60. The maximum absolute atomic E-state index is 13.3. The number of benzene rings is 1. The second kappa shape index (κ2) is 8.38. The molecular weight excluding hydrogens is 395 g/mol. The van der Waals surface area contributed by atoms with E-state index in [1.165, 1.54) is 12.1 Å². The SMILES string of the molecule is CC1CN(CC(=O)N2CC(C)(C)c3ncc(Cc4ccc(F)cc4)cc32)CCN1C=O. The number of anilines is 1. The van der Waals surface area contributed by atoms with Crippen molar-refractivity contribution in [2.24, 2.45) is 0 Å². The Morgan fingerprint density at radius 1 is 1.23 bits per heavy atom. The first-order chi connectivity index (χ1) is 14.8. The molecule has 0 saturated carbocycles. The fourth-order valence-corrected chi connectivity index (χ4v) is 4.56. The summed E-state index contributed by atoms with van der Waals surface area (Å²) in [6.45, 7) is 9.17. The Hall–Kier alpha value is -2.80. The van der Waals surface area contributed by atoms with Gasteiger partial charge in [-0.2, -0.15) is 0 Å². The zero-order valence-electron chi connectivity index (χ0n) is 18.3. The van der Waals surface area contributed by atoms with Gasteiger partial charge in [0, 0.05) is 43.8 Å². The Kier molecular flexibility index (Phi) is 5.79. The third-order valence-electron chi connectivity index (χ3n) is 6.29. The molecule has 0 radical (unpaired) electrons. The summed E-state index contributed by atoms with van der Waals surface area (Å²) in [4.78, 5) is 34.8. The van der Waals surface area contributed by atoms with E-state index in [4.69, 9.17) is 4.98 Å². The number of aromatic nitrogens is 1. The molecule has 2 aliphatic rings. The first-order valence-corrected chi connectivity index (χ1v) is 10.7. The van der Waals surface area contributed by atoms with Crippen molar-refractivity contribution in [2.45, 2.75) is 38.6 Å². The van der Waals surface area contributed by atoms with Gasteiger partial charge in [0.2, 0.25) is 12.3 Å². The number of halogens is 1. The maximum Gasteiger partial charge on any atom is 0.241 e. The average molecular weight is 425 g/mol. The minimum Gasteiger partial charge on any atom is -0.340 e. The highest BCUT2D eigenvalue weighted by atomic mass is 19.1. The number of nitrogens with zero attached hydrogens (tertiary/aromatic N) is 4. The van der Waals surface area contributed by atoms with Gasteiger partial charge in [0.05, 0.1) is 17.9 Å². The molecule has 7 heteroatoms. The van der Waals surface area contributed by atoms with E-state index in [1.54, 1.807) is 17.0 Å². The molecule has 1 aromatic heterocycles. The third-order valence-corrected chi connectivity index (χ3v) is 6.29. The van der Waals surface area contributed by atoms with E-state index < -0.39 is 0 Å². The largest absolute Gasteiger partial charge is 0.340 e. The molecule has 3 heterocycles. The van der Waals surface area contributed by atoms with Crippen LogP contribution in [0.5, 0.6) is 0 Å². The van der Waals surface area contributed by atoms with Crippen LogP contribution in [0.3, 0.4) is 0 Å². The molecule has 2 aromatic rings. The lowest BCUT2D eigenvalue weighted by molar-refractivity contribution is -0.123. The Labute approximate surface area is 182 Å². The highest BCUT2D eigenvalue weighted by molar-refractivity contribution is 5.97. The van der Waals surface area contributed by atoms with Crippen LogP contribution in [0, 0.1) is 5.82 Å². The van der Waals surface area contributed by atoms with Gasteiger partial charge < -0.3 is 9.80 Å². The molecule has 6 nitrogen and oxygen atoms in total. The summed E-state index contributed by atoms with van der Waals surface area (Å²) in [7, 11) is 0. The summed E-state index contributed by atoms with van der Waals surface area (Å²) in [5, 5.41) is 0. The monoisotopic (exact) mass is 424 g/mol. The Morgan fingerprint density at radius 2 is 1.97 bits per heavy atom. The number of carbonyl (C=O) groups excluding carboxylic acids is 2. The van der Waals surface area contributed by atoms with Crippen LogP contribution in [-0.4, -0.2) is 65.9 Å². The fourth-order valence-electron chi connectivity index (χ4n) is 4.56. The van der Waals surface area contributed by atoms with Crippen molar-refractivity contribution in [2.75, 3.05) is 37.6 Å². The molecular formula is C24H29FN4O2. The van der Waals surface area contributed by atoms with Crippen LogP contribution >= 0.6 is 0 Å². The van der Waals surface area contributed by atoms with Crippen LogP contribution in [0.15, 0.2) is 36.5 Å². The number of pyridine rings is 1. The average Bonchev–Trinajstić information content (AvgIpc) is 3.00. The number of fused-ring (bicyclic) bond motifs is 1. The van der Waals surface area contributed by atoms with Gasteiger partial charge in [-0.1, -0.05) is 26.0 Å². The van der Waals surface area contributed by atoms with Crippen LogP contribution in [0.1, 0.15) is 37.6 Å². The summed E-state index contributed by atoms with van der Waals surface area (Å²) < 4.78 is 13.2. The zero-order chi connectivity index (χ0) is 22.2. The molecule has 1 fully saturated rings. The van der Waals surface area contributed by atoms with Crippen molar-refractivity contribution in [3.63, 3.8) is 0 Å². The molecule has 1 saturated heterocycles. The Balaban J connectivity index is 1.52. The van der Waals surface area contributed by atoms with Crippen molar-refractivity contribution >= 4 is 18.0 Å². The Morgan fingerprint density at radius 3 is 2.65 bits per heavy atom. The lowest BCUT2D eigenvalue weighted by Gasteiger charge is -2.38. The van der Waals surface area contributed by atoms with Gasteiger partial charge in [-0.3, -0.25) is 19.5 Å². The van der Waals surface area contributed by atoms with Crippen LogP contribution in [0.2, 0.25) is 0 Å². The van der Waals surface area contributed by atoms with Gasteiger partial charge in [-0.25, -0.2) is 4.39 Å². The number of hydrogen-bond acceptors (Lipinski definition) is 4. The highest BCUT2D eigenvalue weighted by Gasteiger charge is 2.40. The lowest BCUT2D eigenvalue weighted by atomic mass is 9.91. The van der Waals surface area contributed by atoms with Gasteiger partial charge in [0.25, 0.3) is 0 Å². The molecule has 4 rings (SSSR count). The van der Waals surface area contributed by atoms with Gasteiger partial charge in [-0.05, 0) is 42.7 Å². The molecule has 0 bridgehead atoms. The molecule has 1 atom stereocenters. The smallest absolute Gasteiger partial charge is 0.241 e. The van der Waals surface area contributed by atoms with Crippen molar-refractivity contribution in [3.05, 3.63) is 59.2 Å². The minimum atomic E-state index is -0.252. The Bertz CT molecular complexity index is 976. The van der Waals surface area contributed by atoms with Crippen LogP contribution in [0.25, 0.3) is 0 Å². The van der Waals surface area contributed by atoms with E-state index in [9.17, 15) is 14.0 Å². The molecule has 0 spiro atoms. The number of amides is 2. The van der Waals surface area contributed by atoms with Crippen molar-refractivity contribution in [3.8, 4) is 0 Å². The minimum absolute atomic E-state index is 0.0549. The summed E-state index contributed by atoms with van der Waals surface area (Å²) in [5.41, 5.74) is 3.58. The van der Waals surface area contributed by atoms with Crippen molar-refractivity contribution < 1.29 is 14.0 Å². The van der Waals surface area contributed by atoms with E-state index in [0.29, 0.717) is 39.1 Å². The van der Waals surface area contributed by atoms with Crippen molar-refractivity contribution in [1.82, 2.24) is 14.8 Å². The lowest BCUT2D eigenvalue weighted by Crippen LogP contribution is -2.53. The topological polar surface area (TPSA) is 56.8 Å². The van der Waals surface area contributed by atoms with Gasteiger partial charge >= 0.3 is 0 Å². The fraction of sp³-hybridized carbons (Fsp3) is 0.458. The number of rotatable bonds is 5. The second-order valence-corrected chi connectivity index (χ2v) is 9.31. The zero-order valence-corrected chi connectivity index (χ0v) is 18.3. The summed E-state index contributed by atoms with van der Waals surface area (Å²) in [6.07, 6.45) is 3.38. The predicted molar refractivity (Wildman–Crippen MR) is 117 cm³/mol. The number of carbonyl (C=O) groups is 2. The summed E-state index contributed by atoms with van der Waals surface area (Å²) in [5.74, 6) is -0.197. The molecule has 2 aliphatic heterocycles. The molecule has 1 aromatic carbocycles. The standard InChI is InChI=1S/C24H29FN4O2/c1-17-13-27(8-9-28(17)16-30)14-22(31)29-15-24(2,3)23-21(29)11-19(12-26-23)10-18-4-6-20(25)7-5-18/h4-7,11-12,16-17H,8-10,13-15H2,1-3H3. The molecule has 0 N–H and O–H groups in total. The number of piperazine rings is 1. The first kappa shape index (κ1) is 21.4. The van der Waals surface area contributed by atoms with Gasteiger partial charge in [-0.15, -0.1) is 0 Å². The van der Waals surface area contributed by atoms with E-state index in [-0.39, 0.29) is 23.2 Å². The molecule has 31 heavy (non-hydrogen) atoms. The highest BCUT2D eigenvalue weighted by Crippen LogP contribution is 2.39. The van der Waals surface area contributed by atoms with E-state index in [2.05, 4.69) is 18.7 Å². The molecule has 1 unspecified atom stereocenters. The first-order valence-electron chi connectivity index (χ1n) is 10.7. The molecule has 0 aliphatic carbocycles. The van der Waals surface area contributed by atoms with E-state index in [0.717, 1.165) is 28.9 Å². The van der Waals surface area contributed by atoms with Gasteiger partial charge in [0.15, 0.2) is 0 Å². The van der Waals surface area contributed by atoms with E-state index in [1.807, 2.05) is 24.1 Å². The molecule has 164 valence electrons.